The minimum atomic E-state index is -0.400. The van der Waals surface area contributed by atoms with E-state index in [1.165, 1.54) is 0 Å². The molecular weight excluding hydrogens is 673 g/mol. The highest BCUT2D eigenvalue weighted by atomic mass is 16.2. The Bertz CT molecular complexity index is 2040. The van der Waals surface area contributed by atoms with E-state index in [0.29, 0.717) is 17.1 Å². The van der Waals surface area contributed by atoms with Crippen molar-refractivity contribution >= 4 is 34.8 Å². The second-order valence-electron chi connectivity index (χ2n) is 12.6. The molecule has 0 fully saturated rings. The molecule has 0 aliphatic carbocycles. The molecule has 0 bridgehead atoms. The van der Waals surface area contributed by atoms with Gasteiger partial charge in [-0.1, -0.05) is 91.0 Å². The Balaban J connectivity index is 1.36. The number of anilines is 3. The molecule has 0 spiro atoms. The summed E-state index contributed by atoms with van der Waals surface area (Å²) in [4.78, 5) is 62.0. The van der Waals surface area contributed by atoms with Gasteiger partial charge >= 0.3 is 0 Å². The number of carbonyl (C=O) groups is 3. The maximum absolute atomic E-state index is 14.8. The monoisotopic (exact) mass is 708 g/mol. The van der Waals surface area contributed by atoms with Crippen molar-refractivity contribution in [1.82, 2.24) is 15.0 Å². The second-order valence-corrected chi connectivity index (χ2v) is 12.6. The minimum Gasteiger partial charge on any atom is -0.302 e. The smallest absolute Gasteiger partial charge is 0.258 e. The van der Waals surface area contributed by atoms with Crippen LogP contribution in [0.15, 0.2) is 183 Å². The summed E-state index contributed by atoms with van der Waals surface area (Å²) in [5, 5.41) is 0. The molecule has 7 aromatic rings. The SMILES string of the molecule is O=C(c1cc(C(=O)N(Cc2ccccc2)c2cccnc2)cc(C(=O)N(Cc2ccccc2)c2cccnc2)c1)N(Cc1ccccc1)c1cccnc1. The molecule has 3 aromatic heterocycles. The summed E-state index contributed by atoms with van der Waals surface area (Å²) in [6.45, 7) is 0.704. The fraction of sp³-hybridized carbons (Fsp3) is 0.0667. The van der Waals surface area contributed by atoms with E-state index in [0.717, 1.165) is 16.7 Å². The van der Waals surface area contributed by atoms with E-state index in [2.05, 4.69) is 15.0 Å². The summed E-state index contributed by atoms with van der Waals surface area (Å²) in [6, 6.07) is 44.3. The minimum absolute atomic E-state index is 0.167. The largest absolute Gasteiger partial charge is 0.302 e. The fourth-order valence-electron chi connectivity index (χ4n) is 6.14. The molecule has 3 heterocycles. The highest BCUT2D eigenvalue weighted by Gasteiger charge is 2.27. The number of pyridine rings is 3. The van der Waals surface area contributed by atoms with Crippen LogP contribution >= 0.6 is 0 Å². The molecule has 0 saturated carbocycles. The molecule has 0 aliphatic heterocycles. The van der Waals surface area contributed by atoms with Crippen LogP contribution in [-0.4, -0.2) is 32.7 Å². The Hall–Kier alpha value is -7.26. The molecule has 3 amide bonds. The standard InChI is InChI=1S/C45H36N6O3/c52-43(49(40-19-10-22-46-28-40)31-34-13-4-1-5-14-34)37-25-38(44(53)50(41-20-11-23-47-29-41)32-35-15-6-2-7-16-35)27-39(26-37)45(54)51(42-21-12-24-48-30-42)33-36-17-8-3-9-18-36/h1-30H,31-33H2. The van der Waals surface area contributed by atoms with E-state index in [1.54, 1.807) is 88.3 Å². The van der Waals surface area contributed by atoms with Crippen molar-refractivity contribution in [3.05, 3.63) is 216 Å². The molecule has 9 nitrogen and oxygen atoms in total. The lowest BCUT2D eigenvalue weighted by atomic mass is 10.0. The summed E-state index contributed by atoms with van der Waals surface area (Å²) in [7, 11) is 0. The van der Waals surface area contributed by atoms with Crippen LogP contribution in [0.5, 0.6) is 0 Å². The number of hydrogen-bond donors (Lipinski definition) is 0. The van der Waals surface area contributed by atoms with Crippen molar-refractivity contribution in [2.75, 3.05) is 14.7 Å². The van der Waals surface area contributed by atoms with Crippen molar-refractivity contribution < 1.29 is 14.4 Å². The molecule has 0 radical (unpaired) electrons. The second kappa shape index (κ2) is 16.8. The van der Waals surface area contributed by atoms with Crippen LogP contribution in [0.2, 0.25) is 0 Å². The van der Waals surface area contributed by atoms with Gasteiger partial charge < -0.3 is 14.7 Å². The number of hydrogen-bond acceptors (Lipinski definition) is 6. The molecule has 9 heteroatoms. The molecule has 0 N–H and O–H groups in total. The maximum Gasteiger partial charge on any atom is 0.258 e. The first-order chi connectivity index (χ1) is 26.5. The predicted octanol–water partition coefficient (Wildman–Crippen LogP) is 8.41. The Morgan fingerprint density at radius 2 is 0.648 bits per heavy atom. The van der Waals surface area contributed by atoms with Gasteiger partial charge in [-0.3, -0.25) is 29.3 Å². The zero-order chi connectivity index (χ0) is 37.1. The van der Waals surface area contributed by atoms with Gasteiger partial charge in [0.15, 0.2) is 0 Å². The zero-order valence-electron chi connectivity index (χ0n) is 29.3. The summed E-state index contributed by atoms with van der Waals surface area (Å²) < 4.78 is 0. The number of nitrogens with zero attached hydrogens (tertiary/aromatic N) is 6. The first-order valence-electron chi connectivity index (χ1n) is 17.5. The lowest BCUT2D eigenvalue weighted by Gasteiger charge is -2.26. The van der Waals surface area contributed by atoms with Crippen LogP contribution in [0, 0.1) is 0 Å². The van der Waals surface area contributed by atoms with Crippen molar-refractivity contribution in [2.45, 2.75) is 19.6 Å². The van der Waals surface area contributed by atoms with Gasteiger partial charge in [-0.2, -0.15) is 0 Å². The van der Waals surface area contributed by atoms with E-state index in [4.69, 9.17) is 0 Å². The lowest BCUT2D eigenvalue weighted by Crippen LogP contribution is -2.34. The number of benzene rings is 4. The molecule has 0 saturated heterocycles. The van der Waals surface area contributed by atoms with Gasteiger partial charge in [0.2, 0.25) is 0 Å². The van der Waals surface area contributed by atoms with E-state index < -0.39 is 17.7 Å². The summed E-state index contributed by atoms with van der Waals surface area (Å²) in [6.07, 6.45) is 9.79. The Labute approximate surface area is 313 Å². The van der Waals surface area contributed by atoms with Crippen molar-refractivity contribution in [1.29, 1.82) is 0 Å². The highest BCUT2D eigenvalue weighted by Crippen LogP contribution is 2.26. The molecular formula is C45H36N6O3. The summed E-state index contributed by atoms with van der Waals surface area (Å²) in [5.74, 6) is -1.20. The van der Waals surface area contributed by atoms with Crippen LogP contribution in [0.4, 0.5) is 17.1 Å². The molecule has 0 atom stereocenters. The third-order valence-corrected chi connectivity index (χ3v) is 8.83. The van der Waals surface area contributed by atoms with E-state index >= 15 is 0 Å². The van der Waals surface area contributed by atoms with Crippen LogP contribution < -0.4 is 14.7 Å². The third-order valence-electron chi connectivity index (χ3n) is 8.83. The van der Waals surface area contributed by atoms with E-state index in [9.17, 15) is 14.4 Å². The van der Waals surface area contributed by atoms with Gasteiger partial charge in [0, 0.05) is 35.3 Å². The molecule has 54 heavy (non-hydrogen) atoms. The average Bonchev–Trinajstić information content (AvgIpc) is 3.25. The number of amides is 3. The quantitative estimate of drug-likeness (QED) is 0.126. The highest BCUT2D eigenvalue weighted by molar-refractivity contribution is 6.14. The van der Waals surface area contributed by atoms with Crippen LogP contribution in [0.3, 0.4) is 0 Å². The summed E-state index contributed by atoms with van der Waals surface area (Å²) in [5.41, 5.74) is 4.90. The third kappa shape index (κ3) is 8.43. The average molecular weight is 709 g/mol. The van der Waals surface area contributed by atoms with Gasteiger partial charge in [0.1, 0.15) is 0 Å². The Morgan fingerprint density at radius 3 is 0.889 bits per heavy atom. The van der Waals surface area contributed by atoms with Crippen LogP contribution in [0.1, 0.15) is 47.8 Å². The first-order valence-corrected chi connectivity index (χ1v) is 17.5. The van der Waals surface area contributed by atoms with Gasteiger partial charge in [-0.15, -0.1) is 0 Å². The van der Waals surface area contributed by atoms with E-state index in [1.807, 2.05) is 109 Å². The number of carbonyl (C=O) groups excluding carboxylic acids is 3. The predicted molar refractivity (Wildman–Crippen MR) is 210 cm³/mol. The lowest BCUT2D eigenvalue weighted by molar-refractivity contribution is 0.0984. The van der Waals surface area contributed by atoms with Crippen molar-refractivity contribution in [3.63, 3.8) is 0 Å². The number of aromatic nitrogens is 3. The molecule has 0 aliphatic rings. The maximum atomic E-state index is 14.8. The van der Waals surface area contributed by atoms with Crippen LogP contribution in [-0.2, 0) is 19.6 Å². The molecule has 0 unspecified atom stereocenters. The normalized spacial score (nSPS) is 10.7. The summed E-state index contributed by atoms with van der Waals surface area (Å²) >= 11 is 0. The van der Waals surface area contributed by atoms with Gasteiger partial charge in [0.25, 0.3) is 17.7 Å². The van der Waals surface area contributed by atoms with Gasteiger partial charge in [0.05, 0.1) is 55.3 Å². The molecule has 7 rings (SSSR count). The van der Waals surface area contributed by atoms with Crippen LogP contribution in [0.25, 0.3) is 0 Å². The van der Waals surface area contributed by atoms with Crippen molar-refractivity contribution in [3.8, 4) is 0 Å². The van der Waals surface area contributed by atoms with Crippen molar-refractivity contribution in [2.24, 2.45) is 0 Å². The first kappa shape index (κ1) is 35.2. The fourth-order valence-corrected chi connectivity index (χ4v) is 6.14. The number of rotatable bonds is 12. The molecule has 264 valence electrons. The Morgan fingerprint density at radius 1 is 0.370 bits per heavy atom. The van der Waals surface area contributed by atoms with Gasteiger partial charge in [-0.05, 0) is 71.3 Å². The molecule has 4 aromatic carbocycles. The topological polar surface area (TPSA) is 99.6 Å². The zero-order valence-corrected chi connectivity index (χ0v) is 29.3. The van der Waals surface area contributed by atoms with Gasteiger partial charge in [-0.25, -0.2) is 0 Å². The Kier molecular flexibility index (Phi) is 11.0. The van der Waals surface area contributed by atoms with E-state index in [-0.39, 0.29) is 36.3 Å².